The molecule has 1 aliphatic rings. The molecule has 1 heterocycles. The van der Waals surface area contributed by atoms with Gasteiger partial charge in [0.2, 0.25) is 0 Å². The zero-order valence-electron chi connectivity index (χ0n) is 12.3. The van der Waals surface area contributed by atoms with E-state index in [0.29, 0.717) is 12.3 Å². The van der Waals surface area contributed by atoms with Crippen LogP contribution in [0.3, 0.4) is 0 Å². The van der Waals surface area contributed by atoms with Gasteiger partial charge in [0.15, 0.2) is 0 Å². The Balaban J connectivity index is 1.81. The Morgan fingerprint density at radius 3 is 2.75 bits per heavy atom. The highest BCUT2D eigenvalue weighted by Crippen LogP contribution is 2.22. The van der Waals surface area contributed by atoms with E-state index in [0.717, 1.165) is 31.6 Å². The first-order valence-corrected chi connectivity index (χ1v) is 7.29. The maximum atomic E-state index is 12.8. The van der Waals surface area contributed by atoms with E-state index in [1.54, 1.807) is 19.2 Å². The predicted octanol–water partition coefficient (Wildman–Crippen LogP) is 2.61. The molecule has 0 radical (unpaired) electrons. The minimum atomic E-state index is -0.532. The van der Waals surface area contributed by atoms with Gasteiger partial charge in [0.1, 0.15) is 5.82 Å². The molecule has 0 aromatic heterocycles. The monoisotopic (exact) mass is 281 g/mol. The number of benzene rings is 1. The predicted molar refractivity (Wildman–Crippen MR) is 77.0 cm³/mol. The number of likely N-dealkylation sites (tertiary alicyclic amines) is 1. The van der Waals surface area contributed by atoms with Crippen LogP contribution in [0.2, 0.25) is 0 Å². The van der Waals surface area contributed by atoms with E-state index in [4.69, 9.17) is 4.74 Å². The number of halogens is 1. The Bertz CT molecular complexity index is 409. The maximum absolute atomic E-state index is 12.8. The summed E-state index contributed by atoms with van der Waals surface area (Å²) >= 11 is 0. The average Bonchev–Trinajstić information content (AvgIpc) is 2.46. The molecule has 112 valence electrons. The van der Waals surface area contributed by atoms with E-state index in [-0.39, 0.29) is 11.9 Å². The number of aliphatic hydroxyl groups excluding tert-OH is 1. The van der Waals surface area contributed by atoms with Crippen LogP contribution in [0.1, 0.15) is 31.4 Å². The van der Waals surface area contributed by atoms with Crippen LogP contribution in [-0.4, -0.2) is 42.9 Å². The van der Waals surface area contributed by atoms with E-state index in [2.05, 4.69) is 11.8 Å². The molecule has 0 spiro atoms. The van der Waals surface area contributed by atoms with Crippen molar-refractivity contribution >= 4 is 0 Å². The largest absolute Gasteiger partial charge is 0.388 e. The Morgan fingerprint density at radius 1 is 1.40 bits per heavy atom. The van der Waals surface area contributed by atoms with Gasteiger partial charge in [0.25, 0.3) is 0 Å². The Morgan fingerprint density at radius 2 is 2.10 bits per heavy atom. The van der Waals surface area contributed by atoms with Gasteiger partial charge in [0.05, 0.1) is 12.2 Å². The molecule has 20 heavy (non-hydrogen) atoms. The molecule has 1 saturated heterocycles. The Kier molecular flexibility index (Phi) is 5.52. The lowest BCUT2D eigenvalue weighted by molar-refractivity contribution is -0.00867. The molecule has 0 aliphatic carbocycles. The third-order valence-electron chi connectivity index (χ3n) is 4.25. The number of ether oxygens (including phenoxy) is 1. The number of aliphatic hydroxyl groups is 1. The number of piperidine rings is 1. The fraction of sp³-hybridized carbons (Fsp3) is 0.625. The molecular weight excluding hydrogens is 257 g/mol. The van der Waals surface area contributed by atoms with Gasteiger partial charge in [0, 0.05) is 20.2 Å². The van der Waals surface area contributed by atoms with Gasteiger partial charge < -0.3 is 14.7 Å². The van der Waals surface area contributed by atoms with Crippen molar-refractivity contribution in [2.24, 2.45) is 5.92 Å². The van der Waals surface area contributed by atoms with Crippen LogP contribution in [0.4, 0.5) is 4.39 Å². The van der Waals surface area contributed by atoms with E-state index in [1.807, 2.05) is 0 Å². The summed E-state index contributed by atoms with van der Waals surface area (Å²) in [5, 5.41) is 10.1. The second-order valence-electron chi connectivity index (χ2n) is 5.70. The summed E-state index contributed by atoms with van der Waals surface area (Å²) in [7, 11) is 1.76. The van der Waals surface area contributed by atoms with Gasteiger partial charge in [-0.1, -0.05) is 19.1 Å². The van der Waals surface area contributed by atoms with Crippen molar-refractivity contribution in [3.8, 4) is 0 Å². The van der Waals surface area contributed by atoms with Gasteiger partial charge in [-0.25, -0.2) is 4.39 Å². The molecule has 0 saturated carbocycles. The standard InChI is InChI=1S/C16H24FNO2/c1-12-7-9-18(11-16(12)20-2)10-8-15(19)13-3-5-14(17)6-4-13/h3-6,12,15-16,19H,7-11H2,1-2H3. The maximum Gasteiger partial charge on any atom is 0.123 e. The molecule has 1 N–H and O–H groups in total. The van der Waals surface area contributed by atoms with Crippen molar-refractivity contribution in [3.05, 3.63) is 35.6 Å². The molecule has 3 unspecified atom stereocenters. The molecular formula is C16H24FNO2. The summed E-state index contributed by atoms with van der Waals surface area (Å²) in [6, 6.07) is 6.08. The first kappa shape index (κ1) is 15.4. The van der Waals surface area contributed by atoms with Crippen molar-refractivity contribution in [1.82, 2.24) is 4.90 Å². The molecule has 0 amide bonds. The Hall–Kier alpha value is -0.970. The molecule has 4 heteroatoms. The highest BCUT2D eigenvalue weighted by molar-refractivity contribution is 5.18. The highest BCUT2D eigenvalue weighted by Gasteiger charge is 2.26. The summed E-state index contributed by atoms with van der Waals surface area (Å²) < 4.78 is 18.3. The molecule has 1 aromatic carbocycles. The van der Waals surface area contributed by atoms with E-state index in [1.165, 1.54) is 12.1 Å². The molecule has 3 atom stereocenters. The summed E-state index contributed by atoms with van der Waals surface area (Å²) in [5.74, 6) is 0.326. The molecule has 1 fully saturated rings. The van der Waals surface area contributed by atoms with Crippen molar-refractivity contribution in [2.45, 2.75) is 32.0 Å². The van der Waals surface area contributed by atoms with Crippen LogP contribution in [0, 0.1) is 11.7 Å². The quantitative estimate of drug-likeness (QED) is 0.900. The summed E-state index contributed by atoms with van der Waals surface area (Å²) in [4.78, 5) is 2.33. The number of hydrogen-bond donors (Lipinski definition) is 1. The molecule has 1 aromatic rings. The van der Waals surface area contributed by atoms with Gasteiger partial charge in [-0.2, -0.15) is 0 Å². The van der Waals surface area contributed by atoms with Crippen LogP contribution in [0.25, 0.3) is 0 Å². The number of hydrogen-bond acceptors (Lipinski definition) is 3. The van der Waals surface area contributed by atoms with E-state index in [9.17, 15) is 9.50 Å². The number of nitrogens with zero attached hydrogens (tertiary/aromatic N) is 1. The lowest BCUT2D eigenvalue weighted by Gasteiger charge is -2.36. The second-order valence-corrected chi connectivity index (χ2v) is 5.70. The van der Waals surface area contributed by atoms with Gasteiger partial charge >= 0.3 is 0 Å². The zero-order chi connectivity index (χ0) is 14.5. The Labute approximate surface area is 120 Å². The SMILES string of the molecule is COC1CN(CCC(O)c2ccc(F)cc2)CCC1C. The van der Waals surface area contributed by atoms with Crippen LogP contribution < -0.4 is 0 Å². The van der Waals surface area contributed by atoms with Gasteiger partial charge in [-0.05, 0) is 43.0 Å². The first-order chi connectivity index (χ1) is 9.60. The lowest BCUT2D eigenvalue weighted by Crippen LogP contribution is -2.44. The molecule has 3 nitrogen and oxygen atoms in total. The number of methoxy groups -OCH3 is 1. The molecule has 2 rings (SSSR count). The van der Waals surface area contributed by atoms with Crippen molar-refractivity contribution in [2.75, 3.05) is 26.7 Å². The van der Waals surface area contributed by atoms with Crippen molar-refractivity contribution in [3.63, 3.8) is 0 Å². The normalized spacial score (nSPS) is 25.6. The summed E-state index contributed by atoms with van der Waals surface area (Å²) in [6.07, 6.45) is 1.55. The fourth-order valence-corrected chi connectivity index (χ4v) is 2.76. The summed E-state index contributed by atoms with van der Waals surface area (Å²) in [6.45, 7) is 5.04. The van der Waals surface area contributed by atoms with Crippen LogP contribution in [-0.2, 0) is 4.74 Å². The number of rotatable bonds is 5. The highest BCUT2D eigenvalue weighted by atomic mass is 19.1. The first-order valence-electron chi connectivity index (χ1n) is 7.29. The molecule has 0 bridgehead atoms. The van der Waals surface area contributed by atoms with Crippen LogP contribution in [0.15, 0.2) is 24.3 Å². The third kappa shape index (κ3) is 4.01. The third-order valence-corrected chi connectivity index (χ3v) is 4.25. The van der Waals surface area contributed by atoms with Crippen molar-refractivity contribution in [1.29, 1.82) is 0 Å². The minimum Gasteiger partial charge on any atom is -0.388 e. The summed E-state index contributed by atoms with van der Waals surface area (Å²) in [5.41, 5.74) is 0.778. The second kappa shape index (κ2) is 7.16. The minimum absolute atomic E-state index is 0.270. The lowest BCUT2D eigenvalue weighted by atomic mass is 9.95. The fourth-order valence-electron chi connectivity index (χ4n) is 2.76. The van der Waals surface area contributed by atoms with E-state index >= 15 is 0 Å². The van der Waals surface area contributed by atoms with Crippen LogP contribution >= 0.6 is 0 Å². The average molecular weight is 281 g/mol. The van der Waals surface area contributed by atoms with Gasteiger partial charge in [-0.3, -0.25) is 0 Å². The zero-order valence-corrected chi connectivity index (χ0v) is 12.3. The molecule has 1 aliphatic heterocycles. The van der Waals surface area contributed by atoms with Gasteiger partial charge in [-0.15, -0.1) is 0 Å². The van der Waals surface area contributed by atoms with Crippen LogP contribution in [0.5, 0.6) is 0 Å². The van der Waals surface area contributed by atoms with Crippen molar-refractivity contribution < 1.29 is 14.2 Å². The smallest absolute Gasteiger partial charge is 0.123 e. The van der Waals surface area contributed by atoms with E-state index < -0.39 is 6.10 Å². The topological polar surface area (TPSA) is 32.7 Å².